The van der Waals surface area contributed by atoms with Crippen LogP contribution >= 0.6 is 0 Å². The van der Waals surface area contributed by atoms with Crippen molar-refractivity contribution < 1.29 is 11.4 Å². The summed E-state index contributed by atoms with van der Waals surface area (Å²) in [6.07, 6.45) is 2.15. The van der Waals surface area contributed by atoms with Crippen molar-refractivity contribution in [1.82, 2.24) is 5.48 Å². The van der Waals surface area contributed by atoms with Crippen molar-refractivity contribution in [2.45, 2.75) is 12.8 Å². The Morgan fingerprint density at radius 1 is 1.56 bits per heavy atom. The normalized spacial score (nSPS) is 22.3. The molecule has 1 aliphatic rings. The van der Waals surface area contributed by atoms with Crippen LogP contribution < -0.4 is 5.48 Å². The monoisotopic (exact) mass is 133 g/mol. The molecule has 0 radical (unpaired) electrons. The van der Waals surface area contributed by atoms with Gasteiger partial charge in [0, 0.05) is 21.2 Å². The molecule has 0 aromatic heterocycles. The highest BCUT2D eigenvalue weighted by atomic mass is 16.5. The molecule has 3 nitrogen and oxygen atoms in total. The topological polar surface area (TPSA) is 41.5 Å². The molecule has 1 saturated heterocycles. The van der Waals surface area contributed by atoms with Crippen LogP contribution in [0.5, 0.6) is 0 Å². The lowest BCUT2D eigenvalue weighted by atomic mass is 10.0. The Labute approximate surface area is 56.5 Å². The highest BCUT2D eigenvalue weighted by molar-refractivity contribution is 4.63. The van der Waals surface area contributed by atoms with Crippen LogP contribution in [0.4, 0.5) is 0 Å². The van der Waals surface area contributed by atoms with Gasteiger partial charge in [-0.2, -0.15) is 0 Å². The molecular formula is C6H15NO2. The van der Waals surface area contributed by atoms with Gasteiger partial charge in [0.05, 0.1) is 0 Å². The fourth-order valence-corrected chi connectivity index (χ4v) is 1.08. The Morgan fingerprint density at radius 2 is 2.22 bits per heavy atom. The summed E-state index contributed by atoms with van der Waals surface area (Å²) in [6, 6.07) is 0. The van der Waals surface area contributed by atoms with Gasteiger partial charge in [-0.15, -0.1) is 0 Å². The predicted molar refractivity (Wildman–Crippen MR) is 35.4 cm³/mol. The maximum atomic E-state index is 8.33. The lowest BCUT2D eigenvalue weighted by Gasteiger charge is -2.20. The van der Waals surface area contributed by atoms with Crippen LogP contribution in [0.15, 0.2) is 0 Å². The van der Waals surface area contributed by atoms with Crippen LogP contribution in [0.3, 0.4) is 0 Å². The first kappa shape index (κ1) is 6.99. The van der Waals surface area contributed by atoms with Crippen molar-refractivity contribution in [3.8, 4) is 0 Å². The minimum atomic E-state index is 0. The van der Waals surface area contributed by atoms with Gasteiger partial charge in [0.1, 0.15) is 0 Å². The third-order valence-electron chi connectivity index (χ3n) is 1.72. The molecule has 0 aliphatic carbocycles. The van der Waals surface area contributed by atoms with E-state index >= 15 is 0 Å². The van der Waals surface area contributed by atoms with E-state index in [0.29, 0.717) is 12.5 Å². The number of hydrogen-bond donors (Lipinski definition) is 2. The van der Waals surface area contributed by atoms with Gasteiger partial charge in [0.15, 0.2) is 0 Å². The summed E-state index contributed by atoms with van der Waals surface area (Å²) in [7, 11) is 0. The molecule has 1 aliphatic heterocycles. The first-order valence-corrected chi connectivity index (χ1v) is 3.38. The van der Waals surface area contributed by atoms with Crippen molar-refractivity contribution >= 4 is 0 Å². The van der Waals surface area contributed by atoms with Gasteiger partial charge >= 0.3 is 0 Å². The van der Waals surface area contributed by atoms with Crippen molar-refractivity contribution in [3.63, 3.8) is 0 Å². The third kappa shape index (κ3) is 2.30. The molecule has 0 aromatic carbocycles. The zero-order valence-electron chi connectivity index (χ0n) is 5.47. The van der Waals surface area contributed by atoms with E-state index in [1.54, 1.807) is 0 Å². The number of hydroxylamine groups is 1. The number of hydrogen-bond acceptors (Lipinski definition) is 3. The van der Waals surface area contributed by atoms with Gasteiger partial charge in [0.2, 0.25) is 0 Å². The minimum absolute atomic E-state index is 0. The Bertz CT molecular complexity index is 73.4. The summed E-state index contributed by atoms with van der Waals surface area (Å²) in [5.41, 5.74) is 2.18. The molecule has 56 valence electrons. The van der Waals surface area contributed by atoms with Crippen molar-refractivity contribution in [2.24, 2.45) is 5.92 Å². The molecule has 0 atom stereocenters. The van der Waals surface area contributed by atoms with Gasteiger partial charge in [-0.1, -0.05) is 0 Å². The lowest BCUT2D eigenvalue weighted by Crippen LogP contribution is -2.25. The minimum Gasteiger partial charge on any atom is -0.381 e. The molecule has 0 unspecified atom stereocenters. The third-order valence-corrected chi connectivity index (χ3v) is 1.72. The van der Waals surface area contributed by atoms with Crippen LogP contribution in [-0.4, -0.2) is 25.0 Å². The molecule has 9 heavy (non-hydrogen) atoms. The average molecular weight is 133 g/mol. The molecule has 0 aromatic rings. The fraction of sp³-hybridized carbons (Fsp3) is 1.00. The average Bonchev–Trinajstić information content (AvgIpc) is 1.91. The first-order valence-electron chi connectivity index (χ1n) is 3.38. The number of rotatable bonds is 2. The maximum Gasteiger partial charge on any atom is 0.0469 e. The second kappa shape index (κ2) is 3.82. The molecule has 2 N–H and O–H groups in total. The van der Waals surface area contributed by atoms with E-state index in [0.717, 1.165) is 26.1 Å². The van der Waals surface area contributed by atoms with Crippen LogP contribution in [0, 0.1) is 5.92 Å². The van der Waals surface area contributed by atoms with Crippen LogP contribution in [0.2, 0.25) is 0 Å². The summed E-state index contributed by atoms with van der Waals surface area (Å²) in [6.45, 7) is 2.42. The molecule has 3 heteroatoms. The Morgan fingerprint density at radius 3 is 2.78 bits per heavy atom. The molecule has 0 spiro atoms. The number of nitrogens with one attached hydrogen (secondary N) is 1. The summed E-state index contributed by atoms with van der Waals surface area (Å²) >= 11 is 0. The fourth-order valence-electron chi connectivity index (χ4n) is 1.08. The van der Waals surface area contributed by atoms with E-state index in [-0.39, 0.29) is 1.43 Å². The summed E-state index contributed by atoms with van der Waals surface area (Å²) in [4.78, 5) is 0. The zero-order valence-corrected chi connectivity index (χ0v) is 5.47. The van der Waals surface area contributed by atoms with E-state index in [4.69, 9.17) is 9.94 Å². The van der Waals surface area contributed by atoms with Crippen LogP contribution in [-0.2, 0) is 4.74 Å². The van der Waals surface area contributed by atoms with Gasteiger partial charge in [-0.05, 0) is 18.8 Å². The Hall–Kier alpha value is -0.120. The molecule has 0 amide bonds. The predicted octanol–water partition coefficient (Wildman–Crippen LogP) is 0.638. The van der Waals surface area contributed by atoms with E-state index < -0.39 is 0 Å². The number of ether oxygens (including phenoxy) is 1. The van der Waals surface area contributed by atoms with Gasteiger partial charge in [0.25, 0.3) is 0 Å². The highest BCUT2D eigenvalue weighted by Crippen LogP contribution is 2.12. The van der Waals surface area contributed by atoms with Crippen LogP contribution in [0.1, 0.15) is 14.3 Å². The molecule has 1 heterocycles. The summed E-state index contributed by atoms with van der Waals surface area (Å²) in [5, 5.41) is 8.33. The van der Waals surface area contributed by atoms with Gasteiger partial charge < -0.3 is 9.94 Å². The van der Waals surface area contributed by atoms with Crippen LogP contribution in [0.25, 0.3) is 0 Å². The first-order chi connectivity index (χ1) is 4.43. The van der Waals surface area contributed by atoms with E-state index in [2.05, 4.69) is 5.48 Å². The zero-order chi connectivity index (χ0) is 6.53. The Balaban J connectivity index is 0.000000810. The molecular weight excluding hydrogens is 118 g/mol. The molecule has 1 rings (SSSR count). The maximum absolute atomic E-state index is 8.33. The quantitative estimate of drug-likeness (QED) is 0.543. The standard InChI is InChI=1S/C6H13NO2.H2/c8-7-5-6-1-3-9-4-2-6;/h6-8H,1-5H2;1H. The second-order valence-electron chi connectivity index (χ2n) is 2.42. The van der Waals surface area contributed by atoms with E-state index in [9.17, 15) is 0 Å². The van der Waals surface area contributed by atoms with E-state index in [1.165, 1.54) is 0 Å². The van der Waals surface area contributed by atoms with Crippen molar-refractivity contribution in [2.75, 3.05) is 19.8 Å². The highest BCUT2D eigenvalue weighted by Gasteiger charge is 2.11. The van der Waals surface area contributed by atoms with E-state index in [1.807, 2.05) is 0 Å². The summed E-state index contributed by atoms with van der Waals surface area (Å²) in [5.74, 6) is 0.615. The smallest absolute Gasteiger partial charge is 0.0469 e. The molecule has 0 bridgehead atoms. The van der Waals surface area contributed by atoms with Gasteiger partial charge in [-0.3, -0.25) is 0 Å². The summed E-state index contributed by atoms with van der Waals surface area (Å²) < 4.78 is 5.14. The van der Waals surface area contributed by atoms with Crippen molar-refractivity contribution in [3.05, 3.63) is 0 Å². The second-order valence-corrected chi connectivity index (χ2v) is 2.42. The Kier molecular flexibility index (Phi) is 2.97. The molecule has 0 saturated carbocycles. The van der Waals surface area contributed by atoms with Crippen molar-refractivity contribution in [1.29, 1.82) is 0 Å². The lowest BCUT2D eigenvalue weighted by molar-refractivity contribution is 0.0497. The van der Waals surface area contributed by atoms with Gasteiger partial charge in [-0.25, -0.2) is 5.48 Å². The molecule has 1 fully saturated rings. The SMILES string of the molecule is ONCC1CCOCC1.[HH]. The largest absolute Gasteiger partial charge is 0.381 e.